The Morgan fingerprint density at radius 3 is 2.40 bits per heavy atom. The second kappa shape index (κ2) is 5.40. The first-order valence-electron chi connectivity index (χ1n) is 13.9. The molecule has 0 atom stereocenters. The summed E-state index contributed by atoms with van der Waals surface area (Å²) in [5.74, 6) is -3.34. The van der Waals surface area contributed by atoms with Gasteiger partial charge in [-0.2, -0.15) is 0 Å². The maximum Gasteiger partial charge on any atom is 0.212 e. The van der Waals surface area contributed by atoms with Crippen LogP contribution < -0.4 is 4.57 Å². The first-order chi connectivity index (χ1) is 15.7. The van der Waals surface area contributed by atoms with E-state index in [-0.39, 0.29) is 16.8 Å². The molecule has 0 aliphatic rings. The van der Waals surface area contributed by atoms with Crippen molar-refractivity contribution in [1.82, 2.24) is 0 Å². The molecule has 2 rings (SSSR count). The Labute approximate surface area is 145 Å². The average Bonchev–Trinajstić information content (AvgIpc) is 2.63. The molecule has 0 amide bonds. The summed E-state index contributed by atoms with van der Waals surface area (Å²) in [5.41, 5.74) is -2.03. The van der Waals surface area contributed by atoms with E-state index in [9.17, 15) is 0 Å². The molecule has 1 heteroatoms. The van der Waals surface area contributed by atoms with Crippen LogP contribution >= 0.6 is 0 Å². The maximum atomic E-state index is 8.58. The van der Waals surface area contributed by atoms with E-state index in [1.165, 1.54) is 18.5 Å². The Balaban J connectivity index is 3.11. The van der Waals surface area contributed by atoms with E-state index in [2.05, 4.69) is 0 Å². The Morgan fingerprint density at radius 2 is 1.75 bits per heavy atom. The van der Waals surface area contributed by atoms with Gasteiger partial charge in [-0.05, 0) is 61.7 Å². The van der Waals surface area contributed by atoms with Gasteiger partial charge in [0.1, 0.15) is 7.05 Å². The molecule has 0 aliphatic heterocycles. The van der Waals surface area contributed by atoms with Gasteiger partial charge < -0.3 is 0 Å². The van der Waals surface area contributed by atoms with Gasteiger partial charge in [-0.15, -0.1) is 0 Å². The molecule has 0 saturated carbocycles. The van der Waals surface area contributed by atoms with Gasteiger partial charge in [0.25, 0.3) is 0 Å². The minimum Gasteiger partial charge on any atom is -0.201 e. The minimum absolute atomic E-state index is 0.0493. The lowest BCUT2D eigenvalue weighted by Gasteiger charge is -2.14. The molecule has 0 saturated heterocycles. The normalized spacial score (nSPS) is 26.7. The highest BCUT2D eigenvalue weighted by atomic mass is 14.9. The van der Waals surface area contributed by atoms with Gasteiger partial charge in [0.15, 0.2) is 6.20 Å². The van der Waals surface area contributed by atoms with Crippen molar-refractivity contribution in [3.63, 3.8) is 0 Å². The van der Waals surface area contributed by atoms with Gasteiger partial charge in [-0.3, -0.25) is 0 Å². The summed E-state index contributed by atoms with van der Waals surface area (Å²) in [7, 11) is 1.41. The van der Waals surface area contributed by atoms with Crippen LogP contribution in [0, 0.1) is 27.5 Å². The summed E-state index contributed by atoms with van der Waals surface area (Å²) in [5, 5.41) is 0. The predicted molar refractivity (Wildman–Crippen MR) is 86.1 cm³/mol. The van der Waals surface area contributed by atoms with Crippen LogP contribution in [0.4, 0.5) is 0 Å². The highest BCUT2D eigenvalue weighted by Gasteiger charge is 2.16. The third kappa shape index (κ3) is 2.63. The Kier molecular flexibility index (Phi) is 1.20. The molecular weight excluding hydrogens is 242 g/mol. The smallest absolute Gasteiger partial charge is 0.201 e. The summed E-state index contributed by atoms with van der Waals surface area (Å²) < 4.78 is 127. The SMILES string of the molecule is [2H]C([2H])([2H])c1cc(-c2cc(C([2H])(C([2H])([2H])[2H])C([2H])([2H])[2H])c(C([2H])([2H])[2H])cc2C)[n+](C)cc1C([2H])([2H])[2H]. The largest absolute Gasteiger partial charge is 0.212 e. The van der Waals surface area contributed by atoms with Crippen molar-refractivity contribution < 1.29 is 26.5 Å². The van der Waals surface area contributed by atoms with Crippen LogP contribution in [0.15, 0.2) is 24.4 Å². The zero-order chi connectivity index (χ0) is 28.4. The second-order valence-corrected chi connectivity index (χ2v) is 4.68. The van der Waals surface area contributed by atoms with E-state index in [4.69, 9.17) is 21.9 Å². The molecule has 0 N–H and O–H groups in total. The van der Waals surface area contributed by atoms with Crippen LogP contribution in [0.1, 0.15) is 69.3 Å². The molecular formula is C19H26N+. The van der Waals surface area contributed by atoms with Gasteiger partial charge >= 0.3 is 0 Å². The zero-order valence-electron chi connectivity index (χ0n) is 27.3. The van der Waals surface area contributed by atoms with Crippen LogP contribution in [0.2, 0.25) is 0 Å². The molecule has 0 aliphatic carbocycles. The van der Waals surface area contributed by atoms with E-state index in [1.807, 2.05) is 0 Å². The zero-order valence-corrected chi connectivity index (χ0v) is 11.3. The third-order valence-corrected chi connectivity index (χ3v) is 3.18. The van der Waals surface area contributed by atoms with Gasteiger partial charge in [-0.25, -0.2) is 4.57 Å². The molecule has 0 spiro atoms. The standard InChI is InChI=1S/C19H26N/c1-12(2)17-10-18(15(5)8-14(17)4)19-9-13(3)16(6)11-20(19)7/h8-12H,1-7H3/q+1/i1D3,2D3,3D3,4D3,6D3,12D. The fourth-order valence-electron chi connectivity index (χ4n) is 2.11. The van der Waals surface area contributed by atoms with Gasteiger partial charge in [-0.1, -0.05) is 19.8 Å². The Hall–Kier alpha value is -1.63. The molecule has 1 nitrogen and oxygen atoms in total. The summed E-state index contributed by atoms with van der Waals surface area (Å²) in [4.78, 5) is 0. The van der Waals surface area contributed by atoms with Crippen molar-refractivity contribution in [1.29, 1.82) is 0 Å². The monoisotopic (exact) mass is 284 g/mol. The van der Waals surface area contributed by atoms with Crippen LogP contribution in [0.5, 0.6) is 0 Å². The van der Waals surface area contributed by atoms with Gasteiger partial charge in [0.05, 0.1) is 0 Å². The summed E-state index contributed by atoms with van der Waals surface area (Å²) in [6.45, 7) is -14.1. The first-order valence-corrected chi connectivity index (χ1v) is 5.95. The lowest BCUT2D eigenvalue weighted by atomic mass is 9.91. The van der Waals surface area contributed by atoms with E-state index in [0.29, 0.717) is 0 Å². The van der Waals surface area contributed by atoms with E-state index < -0.39 is 62.4 Å². The number of pyridine rings is 1. The van der Waals surface area contributed by atoms with Crippen LogP contribution in [-0.2, 0) is 7.05 Å². The van der Waals surface area contributed by atoms with Crippen molar-refractivity contribution in [2.75, 3.05) is 0 Å². The number of hydrogen-bond acceptors (Lipinski definition) is 0. The Morgan fingerprint density at radius 1 is 1.00 bits per heavy atom. The molecule has 0 unspecified atom stereocenters. The number of aromatic nitrogens is 1. The number of aryl methyl sites for hydroxylation is 5. The van der Waals surface area contributed by atoms with Gasteiger partial charge in [0, 0.05) is 39.1 Å². The molecule has 2 aromatic rings. The Bertz CT molecular complexity index is 1130. The van der Waals surface area contributed by atoms with Crippen molar-refractivity contribution in [3.8, 4) is 11.3 Å². The fraction of sp³-hybridized carbons (Fsp3) is 0.421. The molecule has 1 heterocycles. The van der Waals surface area contributed by atoms with Crippen LogP contribution in [0.25, 0.3) is 11.3 Å². The molecule has 1 aromatic carbocycles. The van der Waals surface area contributed by atoms with Gasteiger partial charge in [0.2, 0.25) is 5.69 Å². The molecule has 0 radical (unpaired) electrons. The van der Waals surface area contributed by atoms with E-state index in [0.717, 1.165) is 24.4 Å². The van der Waals surface area contributed by atoms with Crippen LogP contribution in [-0.4, -0.2) is 0 Å². The molecule has 0 fully saturated rings. The fourth-order valence-corrected chi connectivity index (χ4v) is 2.11. The number of hydrogen-bond donors (Lipinski definition) is 0. The van der Waals surface area contributed by atoms with E-state index in [1.54, 1.807) is 0 Å². The van der Waals surface area contributed by atoms with Crippen molar-refractivity contribution in [2.45, 2.75) is 47.1 Å². The molecule has 20 heavy (non-hydrogen) atoms. The second-order valence-electron chi connectivity index (χ2n) is 4.68. The van der Waals surface area contributed by atoms with Crippen molar-refractivity contribution >= 4 is 0 Å². The highest BCUT2D eigenvalue weighted by molar-refractivity contribution is 5.64. The summed E-state index contributed by atoms with van der Waals surface area (Å²) >= 11 is 0. The molecule has 106 valence electrons. The topological polar surface area (TPSA) is 3.88 Å². The van der Waals surface area contributed by atoms with Crippen molar-refractivity contribution in [3.05, 3.63) is 52.2 Å². The van der Waals surface area contributed by atoms with E-state index >= 15 is 0 Å². The lowest BCUT2D eigenvalue weighted by molar-refractivity contribution is -0.660. The summed E-state index contributed by atoms with van der Waals surface area (Å²) in [6.07, 6.45) is 1.09. The highest BCUT2D eigenvalue weighted by Crippen LogP contribution is 2.29. The maximum absolute atomic E-state index is 8.58. The summed E-state index contributed by atoms with van der Waals surface area (Å²) in [6, 6.07) is 3.10. The third-order valence-electron chi connectivity index (χ3n) is 3.18. The predicted octanol–water partition coefficient (Wildman–Crippen LogP) is 4.54. The minimum atomic E-state index is -3.47. The lowest BCUT2D eigenvalue weighted by Crippen LogP contribution is -2.31. The first kappa shape index (κ1) is 4.43. The van der Waals surface area contributed by atoms with Crippen molar-refractivity contribution in [2.24, 2.45) is 7.05 Å². The number of benzene rings is 1. The molecule has 1 aromatic heterocycles. The number of nitrogens with zero attached hydrogens (tertiary/aromatic N) is 1. The average molecular weight is 285 g/mol. The van der Waals surface area contributed by atoms with Crippen LogP contribution in [0.3, 0.4) is 0 Å². The number of rotatable bonds is 2. The quantitative estimate of drug-likeness (QED) is 0.713. The molecule has 0 bridgehead atoms.